The minimum Gasteiger partial charge on any atom is -0.383 e. The average molecular weight is 360 g/mol. The molecule has 0 aliphatic carbocycles. The Morgan fingerprint density at radius 2 is 2.19 bits per heavy atom. The van der Waals surface area contributed by atoms with Crippen LogP contribution in [0.1, 0.15) is 53.1 Å². The Hall–Kier alpha value is -2.12. The van der Waals surface area contributed by atoms with E-state index in [1.54, 1.807) is 11.8 Å². The van der Waals surface area contributed by atoms with Crippen molar-refractivity contribution in [2.45, 2.75) is 52.5 Å². The summed E-state index contributed by atoms with van der Waals surface area (Å²) in [6, 6.07) is 4.08. The summed E-state index contributed by atoms with van der Waals surface area (Å²) in [5.74, 6) is -0.102. The van der Waals surface area contributed by atoms with Gasteiger partial charge in [0.1, 0.15) is 5.69 Å². The van der Waals surface area contributed by atoms with Gasteiger partial charge in [0.2, 0.25) is 0 Å². The Morgan fingerprint density at radius 1 is 1.42 bits per heavy atom. The molecule has 7 nitrogen and oxygen atoms in total. The standard InChI is InChI=1S/C19H28N4O3/c1-12-6-7-15(22(12)4)11-20-19(24)18-16-10-13(2)26-14(3)17(16)21-23(18)8-9-25-5/h6-7,13-14H,8-11H2,1-5H3,(H,20,24)/t13-,14+/m0/s1. The molecule has 0 fully saturated rings. The zero-order valence-electron chi connectivity index (χ0n) is 16.2. The highest BCUT2D eigenvalue weighted by Crippen LogP contribution is 2.31. The zero-order valence-corrected chi connectivity index (χ0v) is 16.2. The van der Waals surface area contributed by atoms with Crippen LogP contribution in [0.5, 0.6) is 0 Å². The predicted octanol–water partition coefficient (Wildman–Crippen LogP) is 2.13. The summed E-state index contributed by atoms with van der Waals surface area (Å²) in [4.78, 5) is 13.0. The first-order valence-electron chi connectivity index (χ1n) is 9.05. The van der Waals surface area contributed by atoms with Gasteiger partial charge in [-0.25, -0.2) is 0 Å². The third kappa shape index (κ3) is 3.54. The van der Waals surface area contributed by atoms with Crippen molar-refractivity contribution >= 4 is 5.91 Å². The molecule has 3 heterocycles. The molecule has 26 heavy (non-hydrogen) atoms. The number of ether oxygens (including phenoxy) is 2. The molecule has 0 unspecified atom stereocenters. The minimum atomic E-state index is -0.111. The van der Waals surface area contributed by atoms with E-state index in [1.807, 2.05) is 40.0 Å². The first-order chi connectivity index (χ1) is 12.4. The first-order valence-corrected chi connectivity index (χ1v) is 9.05. The molecular formula is C19H28N4O3. The number of nitrogens with one attached hydrogen (secondary N) is 1. The summed E-state index contributed by atoms with van der Waals surface area (Å²) >= 11 is 0. The van der Waals surface area contributed by atoms with Crippen molar-refractivity contribution in [1.29, 1.82) is 0 Å². The normalized spacial score (nSPS) is 19.4. The molecule has 1 aliphatic heterocycles. The van der Waals surface area contributed by atoms with Gasteiger partial charge in [0.25, 0.3) is 5.91 Å². The fraction of sp³-hybridized carbons (Fsp3) is 0.579. The molecular weight excluding hydrogens is 332 g/mol. The number of rotatable bonds is 6. The number of methoxy groups -OCH3 is 1. The van der Waals surface area contributed by atoms with Gasteiger partial charge in [0.05, 0.1) is 37.6 Å². The van der Waals surface area contributed by atoms with Gasteiger partial charge in [-0.05, 0) is 32.9 Å². The van der Waals surface area contributed by atoms with Gasteiger partial charge in [-0.3, -0.25) is 9.48 Å². The topological polar surface area (TPSA) is 70.3 Å². The van der Waals surface area contributed by atoms with Crippen LogP contribution in [0.2, 0.25) is 0 Å². The van der Waals surface area contributed by atoms with E-state index in [4.69, 9.17) is 9.47 Å². The van der Waals surface area contributed by atoms with Crippen LogP contribution in [0.15, 0.2) is 12.1 Å². The lowest BCUT2D eigenvalue weighted by atomic mass is 9.99. The van der Waals surface area contributed by atoms with Crippen molar-refractivity contribution in [3.63, 3.8) is 0 Å². The summed E-state index contributed by atoms with van der Waals surface area (Å²) in [5.41, 5.74) is 4.71. The number of amides is 1. The molecule has 0 radical (unpaired) electrons. The van der Waals surface area contributed by atoms with Crippen molar-refractivity contribution < 1.29 is 14.3 Å². The average Bonchev–Trinajstić information content (AvgIpc) is 3.12. The van der Waals surface area contributed by atoms with Crippen molar-refractivity contribution in [2.75, 3.05) is 13.7 Å². The third-order valence-corrected chi connectivity index (χ3v) is 5.02. The highest BCUT2D eigenvalue weighted by Gasteiger charge is 2.32. The van der Waals surface area contributed by atoms with Crippen molar-refractivity contribution in [2.24, 2.45) is 7.05 Å². The lowest BCUT2D eigenvalue weighted by Crippen LogP contribution is -2.29. The molecule has 2 aromatic heterocycles. The van der Waals surface area contributed by atoms with Crippen LogP contribution >= 0.6 is 0 Å². The monoisotopic (exact) mass is 360 g/mol. The Kier molecular flexibility index (Phi) is 5.48. The number of aryl methyl sites for hydroxylation is 1. The van der Waals surface area contributed by atoms with Gasteiger partial charge in [0, 0.05) is 37.5 Å². The molecule has 3 rings (SSSR count). The Bertz CT molecular complexity index is 793. The van der Waals surface area contributed by atoms with Crippen LogP contribution < -0.4 is 5.32 Å². The molecule has 142 valence electrons. The largest absolute Gasteiger partial charge is 0.383 e. The van der Waals surface area contributed by atoms with E-state index in [0.29, 0.717) is 31.8 Å². The van der Waals surface area contributed by atoms with Crippen LogP contribution in [0, 0.1) is 6.92 Å². The van der Waals surface area contributed by atoms with E-state index in [9.17, 15) is 4.79 Å². The quantitative estimate of drug-likeness (QED) is 0.857. The lowest BCUT2D eigenvalue weighted by molar-refractivity contribution is -0.00716. The van der Waals surface area contributed by atoms with Gasteiger partial charge in [-0.1, -0.05) is 0 Å². The predicted molar refractivity (Wildman–Crippen MR) is 98.1 cm³/mol. The Morgan fingerprint density at radius 3 is 2.85 bits per heavy atom. The van der Waals surface area contributed by atoms with E-state index in [1.165, 1.54) is 0 Å². The van der Waals surface area contributed by atoms with Crippen LogP contribution in [-0.2, 0) is 36.0 Å². The fourth-order valence-electron chi connectivity index (χ4n) is 3.49. The maximum absolute atomic E-state index is 13.0. The smallest absolute Gasteiger partial charge is 0.270 e. The van der Waals surface area contributed by atoms with Crippen LogP contribution in [0.3, 0.4) is 0 Å². The number of hydrogen-bond donors (Lipinski definition) is 1. The van der Waals surface area contributed by atoms with Gasteiger partial charge in [-0.2, -0.15) is 5.10 Å². The number of carbonyl (C=O) groups excluding carboxylic acids is 1. The SMILES string of the molecule is COCCn1nc2c(c1C(=O)NCc1ccc(C)n1C)C[C@H](C)O[C@@H]2C. The molecule has 0 saturated heterocycles. The highest BCUT2D eigenvalue weighted by molar-refractivity contribution is 5.94. The molecule has 2 aromatic rings. The summed E-state index contributed by atoms with van der Waals surface area (Å²) in [7, 11) is 3.65. The number of nitrogens with zero attached hydrogens (tertiary/aromatic N) is 3. The second-order valence-corrected chi connectivity index (χ2v) is 6.93. The zero-order chi connectivity index (χ0) is 18.8. The highest BCUT2D eigenvalue weighted by atomic mass is 16.5. The second kappa shape index (κ2) is 7.63. The number of hydrogen-bond acceptors (Lipinski definition) is 4. The molecule has 7 heteroatoms. The molecule has 1 N–H and O–H groups in total. The molecule has 0 saturated carbocycles. The molecule has 2 atom stereocenters. The number of aromatic nitrogens is 3. The van der Waals surface area contributed by atoms with Crippen molar-refractivity contribution in [3.05, 3.63) is 40.5 Å². The summed E-state index contributed by atoms with van der Waals surface area (Å²) in [6.07, 6.45) is 0.651. The van der Waals surface area contributed by atoms with Gasteiger partial charge >= 0.3 is 0 Å². The van der Waals surface area contributed by atoms with Gasteiger partial charge < -0.3 is 19.4 Å². The first kappa shape index (κ1) is 18.7. The summed E-state index contributed by atoms with van der Waals surface area (Å²) < 4.78 is 14.9. The van der Waals surface area contributed by atoms with E-state index in [0.717, 1.165) is 22.6 Å². The van der Waals surface area contributed by atoms with E-state index < -0.39 is 0 Å². The minimum absolute atomic E-state index is 0.0691. The summed E-state index contributed by atoms with van der Waals surface area (Å²) in [6.45, 7) is 7.58. The molecule has 0 spiro atoms. The van der Waals surface area contributed by atoms with E-state index in [2.05, 4.69) is 15.0 Å². The Balaban J connectivity index is 1.86. The van der Waals surface area contributed by atoms with Crippen molar-refractivity contribution in [3.8, 4) is 0 Å². The van der Waals surface area contributed by atoms with Gasteiger partial charge in [-0.15, -0.1) is 0 Å². The number of fused-ring (bicyclic) bond motifs is 1. The van der Waals surface area contributed by atoms with Crippen LogP contribution in [-0.4, -0.2) is 40.1 Å². The second-order valence-electron chi connectivity index (χ2n) is 6.93. The van der Waals surface area contributed by atoms with Gasteiger partial charge in [0.15, 0.2) is 0 Å². The molecule has 1 amide bonds. The lowest BCUT2D eigenvalue weighted by Gasteiger charge is -2.24. The van der Waals surface area contributed by atoms with Crippen LogP contribution in [0.25, 0.3) is 0 Å². The van der Waals surface area contributed by atoms with Crippen molar-refractivity contribution in [1.82, 2.24) is 19.7 Å². The number of carbonyl (C=O) groups is 1. The third-order valence-electron chi connectivity index (χ3n) is 5.02. The summed E-state index contributed by atoms with van der Waals surface area (Å²) in [5, 5.41) is 7.70. The van der Waals surface area contributed by atoms with E-state index >= 15 is 0 Å². The maximum atomic E-state index is 13.0. The molecule has 0 bridgehead atoms. The fourth-order valence-corrected chi connectivity index (χ4v) is 3.49. The maximum Gasteiger partial charge on any atom is 0.270 e. The molecule has 1 aliphatic rings. The van der Waals surface area contributed by atoms with E-state index in [-0.39, 0.29) is 18.1 Å². The Labute approximate surface area is 154 Å². The van der Waals surface area contributed by atoms with Crippen LogP contribution in [0.4, 0.5) is 0 Å². The molecule has 0 aromatic carbocycles.